The second kappa shape index (κ2) is 4.19. The topological polar surface area (TPSA) is 52.3 Å². The molecular weight excluding hydrogens is 204 g/mol. The highest BCUT2D eigenvalue weighted by Gasteiger charge is 2.25. The first-order valence-corrected chi connectivity index (χ1v) is 5.71. The average molecular weight is 220 g/mol. The molecule has 0 bridgehead atoms. The van der Waals surface area contributed by atoms with E-state index in [-0.39, 0.29) is 0 Å². The minimum atomic E-state index is 0.487. The second-order valence-corrected chi connectivity index (χ2v) is 4.19. The van der Waals surface area contributed by atoms with Crippen LogP contribution in [0.25, 0.3) is 0 Å². The van der Waals surface area contributed by atoms with E-state index >= 15 is 0 Å². The summed E-state index contributed by atoms with van der Waals surface area (Å²) in [4.78, 5) is 8.63. The number of piperidine rings is 1. The largest absolute Gasteiger partial charge is 0.391 e. The van der Waals surface area contributed by atoms with E-state index in [2.05, 4.69) is 15.9 Å². The fourth-order valence-corrected chi connectivity index (χ4v) is 2.15. The van der Waals surface area contributed by atoms with Gasteiger partial charge in [-0.05, 0) is 31.5 Å². The van der Waals surface area contributed by atoms with E-state index in [9.17, 15) is 0 Å². The number of aromatic amines is 1. The van der Waals surface area contributed by atoms with Gasteiger partial charge in [0, 0.05) is 18.7 Å². The number of anilines is 1. The summed E-state index contributed by atoms with van der Waals surface area (Å²) >= 11 is 0. The molecule has 0 saturated carbocycles. The van der Waals surface area contributed by atoms with Crippen molar-refractivity contribution in [1.82, 2.24) is 15.9 Å². The Morgan fingerprint density at radius 1 is 1.44 bits per heavy atom. The van der Waals surface area contributed by atoms with Crippen LogP contribution < -0.4 is 15.9 Å². The Hall–Kier alpha value is -1.46. The fraction of sp³-hybridized carbons (Fsp3) is 0.455. The van der Waals surface area contributed by atoms with Crippen LogP contribution in [-0.4, -0.2) is 18.1 Å². The Balaban J connectivity index is 1.71. The highest BCUT2D eigenvalue weighted by Crippen LogP contribution is 2.24. The normalized spacial score (nSPS) is 25.4. The molecule has 86 valence electrons. The number of hydrogen-bond donors (Lipinski definition) is 3. The second-order valence-electron chi connectivity index (χ2n) is 4.19. The van der Waals surface area contributed by atoms with Crippen LogP contribution in [0, 0.1) is 5.92 Å². The molecular formula is C11H16N4O. The van der Waals surface area contributed by atoms with Crippen molar-refractivity contribution in [2.75, 3.05) is 18.1 Å². The van der Waals surface area contributed by atoms with Gasteiger partial charge in [-0.1, -0.05) is 5.59 Å². The van der Waals surface area contributed by atoms with Crippen LogP contribution in [0.2, 0.25) is 0 Å². The maximum atomic E-state index is 5.51. The quantitative estimate of drug-likeness (QED) is 0.699. The predicted octanol–water partition coefficient (Wildman–Crippen LogP) is 1.11. The summed E-state index contributed by atoms with van der Waals surface area (Å²) in [5.74, 6) is 2.49. The van der Waals surface area contributed by atoms with Gasteiger partial charge in [0.05, 0.1) is 6.20 Å². The van der Waals surface area contributed by atoms with E-state index in [0.717, 1.165) is 24.7 Å². The van der Waals surface area contributed by atoms with E-state index in [1.54, 1.807) is 0 Å². The van der Waals surface area contributed by atoms with Crippen LogP contribution in [0.3, 0.4) is 0 Å². The molecule has 3 rings (SSSR count). The molecule has 1 saturated heterocycles. The van der Waals surface area contributed by atoms with E-state index in [0.29, 0.717) is 5.92 Å². The first-order chi connectivity index (χ1) is 7.93. The molecule has 1 aromatic heterocycles. The van der Waals surface area contributed by atoms with Crippen molar-refractivity contribution < 1.29 is 4.84 Å². The maximum absolute atomic E-state index is 5.51. The van der Waals surface area contributed by atoms with Crippen molar-refractivity contribution in [3.05, 3.63) is 30.3 Å². The molecule has 16 heavy (non-hydrogen) atoms. The Bertz CT molecular complexity index is 367. The molecule has 1 atom stereocenters. The van der Waals surface area contributed by atoms with Gasteiger partial charge in [0.2, 0.25) is 0 Å². The lowest BCUT2D eigenvalue weighted by molar-refractivity contribution is 0.101. The third-order valence-corrected chi connectivity index (χ3v) is 3.06. The van der Waals surface area contributed by atoms with Gasteiger partial charge in [0.15, 0.2) is 0 Å². The lowest BCUT2D eigenvalue weighted by Gasteiger charge is -2.21. The molecule has 0 spiro atoms. The molecule has 2 aliphatic heterocycles. The van der Waals surface area contributed by atoms with Gasteiger partial charge in [-0.2, -0.15) is 0 Å². The Labute approximate surface area is 94.4 Å². The van der Waals surface area contributed by atoms with Crippen molar-refractivity contribution in [2.24, 2.45) is 5.92 Å². The van der Waals surface area contributed by atoms with Crippen LogP contribution >= 0.6 is 0 Å². The molecule has 2 aliphatic rings. The van der Waals surface area contributed by atoms with E-state index in [1.165, 1.54) is 12.8 Å². The number of rotatable bonds is 2. The average Bonchev–Trinajstić information content (AvgIpc) is 3.01. The lowest BCUT2D eigenvalue weighted by Crippen LogP contribution is -2.31. The summed E-state index contributed by atoms with van der Waals surface area (Å²) in [6, 6.07) is 3.96. The van der Waals surface area contributed by atoms with Crippen molar-refractivity contribution in [2.45, 2.75) is 12.8 Å². The van der Waals surface area contributed by atoms with Gasteiger partial charge in [-0.15, -0.1) is 0 Å². The Morgan fingerprint density at radius 3 is 3.19 bits per heavy atom. The minimum absolute atomic E-state index is 0.487. The van der Waals surface area contributed by atoms with Gasteiger partial charge >= 0.3 is 0 Å². The van der Waals surface area contributed by atoms with Gasteiger partial charge in [-0.3, -0.25) is 0 Å². The molecule has 0 aliphatic carbocycles. The molecule has 1 fully saturated rings. The maximum Gasteiger partial charge on any atom is 0.148 e. The molecule has 5 heteroatoms. The summed E-state index contributed by atoms with van der Waals surface area (Å²) in [6.07, 6.45) is 6.32. The van der Waals surface area contributed by atoms with Gasteiger partial charge in [-0.25, -0.2) is 5.01 Å². The van der Waals surface area contributed by atoms with Crippen molar-refractivity contribution >= 4 is 5.82 Å². The van der Waals surface area contributed by atoms with Crippen molar-refractivity contribution in [1.29, 1.82) is 0 Å². The van der Waals surface area contributed by atoms with Crippen molar-refractivity contribution in [3.8, 4) is 0 Å². The summed E-state index contributed by atoms with van der Waals surface area (Å²) in [7, 11) is 0. The number of H-pyrrole nitrogens is 1. The SMILES string of the molecule is C1=C(C2CCCNC2)ONN1c1ccc[nH]1. The molecule has 5 nitrogen and oxygen atoms in total. The van der Waals surface area contributed by atoms with Crippen LogP contribution in [0.5, 0.6) is 0 Å². The van der Waals surface area contributed by atoms with Gasteiger partial charge in [0.1, 0.15) is 11.6 Å². The zero-order valence-corrected chi connectivity index (χ0v) is 9.07. The Kier molecular flexibility index (Phi) is 2.55. The summed E-state index contributed by atoms with van der Waals surface area (Å²) in [5.41, 5.74) is 2.89. The third-order valence-electron chi connectivity index (χ3n) is 3.06. The molecule has 1 aromatic rings. The first kappa shape index (κ1) is 9.74. The third kappa shape index (κ3) is 1.79. The molecule has 0 aromatic carbocycles. The standard InChI is InChI=1S/C11H16N4O/c1-3-9(7-12-5-1)10-8-15(14-16-10)11-4-2-6-13-11/h2,4,6,8-9,12-14H,1,3,5,7H2. The molecule has 1 unspecified atom stereocenters. The fourth-order valence-electron chi connectivity index (χ4n) is 2.15. The molecule has 0 amide bonds. The molecule has 3 N–H and O–H groups in total. The zero-order chi connectivity index (χ0) is 10.8. The number of hydrazine groups is 1. The van der Waals surface area contributed by atoms with Crippen LogP contribution in [0.15, 0.2) is 30.3 Å². The zero-order valence-electron chi connectivity index (χ0n) is 9.07. The van der Waals surface area contributed by atoms with Crippen molar-refractivity contribution in [3.63, 3.8) is 0 Å². The van der Waals surface area contributed by atoms with E-state index < -0.39 is 0 Å². The van der Waals surface area contributed by atoms with Gasteiger partial charge < -0.3 is 15.1 Å². The Morgan fingerprint density at radius 2 is 2.44 bits per heavy atom. The van der Waals surface area contributed by atoms with E-state index in [4.69, 9.17) is 4.84 Å². The molecule has 0 radical (unpaired) electrons. The van der Waals surface area contributed by atoms with E-state index in [1.807, 2.05) is 29.5 Å². The highest BCUT2D eigenvalue weighted by molar-refractivity contribution is 5.42. The highest BCUT2D eigenvalue weighted by atomic mass is 16.7. The smallest absolute Gasteiger partial charge is 0.148 e. The summed E-state index contributed by atoms with van der Waals surface area (Å²) in [6.45, 7) is 2.13. The summed E-state index contributed by atoms with van der Waals surface area (Å²) < 4.78 is 0. The monoisotopic (exact) mass is 220 g/mol. The minimum Gasteiger partial charge on any atom is -0.391 e. The number of hydrogen-bond acceptors (Lipinski definition) is 4. The lowest BCUT2D eigenvalue weighted by atomic mass is 9.98. The molecule has 3 heterocycles. The van der Waals surface area contributed by atoms with Crippen LogP contribution in [0.4, 0.5) is 5.82 Å². The van der Waals surface area contributed by atoms with Gasteiger partial charge in [0.25, 0.3) is 0 Å². The summed E-state index contributed by atoms with van der Waals surface area (Å²) in [5, 5.41) is 5.25. The first-order valence-electron chi connectivity index (χ1n) is 5.71. The number of nitrogens with zero attached hydrogens (tertiary/aromatic N) is 1. The number of aromatic nitrogens is 1. The van der Waals surface area contributed by atoms with Crippen LogP contribution in [0.1, 0.15) is 12.8 Å². The predicted molar refractivity (Wildman–Crippen MR) is 61.2 cm³/mol. The van der Waals surface area contributed by atoms with Crippen LogP contribution in [-0.2, 0) is 4.84 Å². The number of nitrogens with one attached hydrogen (secondary N) is 3.